The average molecular weight is 673 g/mol. The molecule has 2 aromatic carbocycles. The number of para-hydroxylation sites is 2. The van der Waals surface area contributed by atoms with Gasteiger partial charge >= 0.3 is 12.2 Å². The number of carbonyl (C=O) groups excluding carboxylic acids is 4. The molecule has 0 aromatic heterocycles. The third kappa shape index (κ3) is 12.2. The van der Waals surface area contributed by atoms with Crippen LogP contribution < -0.4 is 30.7 Å². The minimum Gasteiger partial charge on any atom is -0.492 e. The number of nitrogens with one attached hydrogen (secondary N) is 4. The molecule has 0 heterocycles. The molecule has 0 aliphatic heterocycles. The zero-order chi connectivity index (χ0) is 36.4. The van der Waals surface area contributed by atoms with Crippen molar-refractivity contribution in [3.8, 4) is 11.5 Å². The van der Waals surface area contributed by atoms with Crippen molar-refractivity contribution in [2.75, 3.05) is 62.7 Å². The second-order valence-electron chi connectivity index (χ2n) is 13.3. The Morgan fingerprint density at radius 2 is 0.896 bits per heavy atom. The number of benzene rings is 2. The summed E-state index contributed by atoms with van der Waals surface area (Å²) < 4.78 is 21.7. The fraction of sp³-hybridized carbons (Fsp3) is 0.529. The molecule has 0 aliphatic rings. The van der Waals surface area contributed by atoms with Gasteiger partial charge in [-0.25, -0.2) is 9.59 Å². The van der Waals surface area contributed by atoms with E-state index >= 15 is 0 Å². The molecule has 0 bridgehead atoms. The molecule has 0 radical (unpaired) electrons. The van der Waals surface area contributed by atoms with Crippen LogP contribution >= 0.6 is 0 Å². The third-order valence-electron chi connectivity index (χ3n) is 7.11. The molecular weight excluding hydrogens is 620 g/mol. The van der Waals surface area contributed by atoms with Crippen molar-refractivity contribution in [2.45, 2.75) is 78.7 Å². The van der Waals surface area contributed by atoms with Crippen LogP contribution in [-0.2, 0) is 19.1 Å². The topological polar surface area (TPSA) is 160 Å². The van der Waals surface area contributed by atoms with Crippen molar-refractivity contribution >= 4 is 46.8 Å². The van der Waals surface area contributed by atoms with Crippen molar-refractivity contribution < 1.29 is 38.1 Å². The molecule has 14 nitrogen and oxygen atoms in total. The predicted molar refractivity (Wildman–Crippen MR) is 187 cm³/mol. The van der Waals surface area contributed by atoms with E-state index in [9.17, 15) is 19.2 Å². The Balaban J connectivity index is 2.00. The van der Waals surface area contributed by atoms with Gasteiger partial charge in [-0.05, 0) is 93.8 Å². The van der Waals surface area contributed by atoms with E-state index in [2.05, 4.69) is 21.3 Å². The van der Waals surface area contributed by atoms with E-state index in [1.165, 1.54) is 14.2 Å². The summed E-state index contributed by atoms with van der Waals surface area (Å²) in [6.45, 7) is 15.1. The first-order chi connectivity index (χ1) is 22.3. The highest BCUT2D eigenvalue weighted by Crippen LogP contribution is 2.35. The molecule has 2 rings (SSSR count). The van der Waals surface area contributed by atoms with Crippen molar-refractivity contribution in [2.24, 2.45) is 0 Å². The lowest BCUT2D eigenvalue weighted by Crippen LogP contribution is -2.46. The standard InChI is InChI=1S/C34H52N6O8/c1-21(29(41)35-23-15-13-17-25(27(23)45-11)37-31(43)47-33(3,4)5)39(9)19-20-40(10)22(2)30(42)36-24-16-14-18-26(28(24)46-12)38-32(44)48-34(6,7)8/h13-18,21-22H,19-20H2,1-12H3,(H,35,41)(H,36,42)(H,37,43)(H,38,44)/t21-,22-/m0/s1. The van der Waals surface area contributed by atoms with Crippen LogP contribution in [-0.4, -0.2) is 98.5 Å². The molecule has 48 heavy (non-hydrogen) atoms. The van der Waals surface area contributed by atoms with Crippen molar-refractivity contribution in [3.05, 3.63) is 36.4 Å². The average Bonchev–Trinajstić information content (AvgIpc) is 2.97. The second kappa shape index (κ2) is 17.0. The monoisotopic (exact) mass is 672 g/mol. The molecule has 4 N–H and O–H groups in total. The minimum atomic E-state index is -0.680. The number of nitrogens with zero attached hydrogens (tertiary/aromatic N) is 2. The van der Waals surface area contributed by atoms with Gasteiger partial charge in [-0.15, -0.1) is 0 Å². The number of hydrogen-bond acceptors (Lipinski definition) is 10. The quantitative estimate of drug-likeness (QED) is 0.211. The van der Waals surface area contributed by atoms with E-state index in [0.29, 0.717) is 35.8 Å². The van der Waals surface area contributed by atoms with E-state index < -0.39 is 35.5 Å². The number of methoxy groups -OCH3 is 2. The summed E-state index contributed by atoms with van der Waals surface area (Å²) in [6, 6.07) is 8.93. The molecule has 0 spiro atoms. The van der Waals surface area contributed by atoms with E-state index in [0.717, 1.165) is 0 Å². The first-order valence-electron chi connectivity index (χ1n) is 15.6. The first kappa shape index (κ1) is 39.6. The van der Waals surface area contributed by atoms with E-state index in [-0.39, 0.29) is 23.3 Å². The normalized spacial score (nSPS) is 12.9. The maximum Gasteiger partial charge on any atom is 0.412 e. The molecule has 2 aromatic rings. The Hall–Kier alpha value is -4.56. The minimum absolute atomic E-state index is 0.286. The van der Waals surface area contributed by atoms with Gasteiger partial charge in [-0.1, -0.05) is 12.1 Å². The molecule has 0 aliphatic carbocycles. The van der Waals surface area contributed by atoms with Gasteiger partial charge in [0.2, 0.25) is 11.8 Å². The summed E-state index contributed by atoms with van der Waals surface area (Å²) >= 11 is 0. The van der Waals surface area contributed by atoms with Gasteiger partial charge in [0.1, 0.15) is 11.2 Å². The molecule has 266 valence electrons. The zero-order valence-electron chi connectivity index (χ0n) is 30.2. The maximum absolute atomic E-state index is 13.2. The van der Waals surface area contributed by atoms with Crippen LogP contribution in [0.5, 0.6) is 11.5 Å². The Bertz CT molecular complexity index is 1330. The largest absolute Gasteiger partial charge is 0.492 e. The lowest BCUT2D eigenvalue weighted by molar-refractivity contribution is -0.122. The van der Waals surface area contributed by atoms with Crippen LogP contribution in [0.25, 0.3) is 0 Å². The van der Waals surface area contributed by atoms with Crippen LogP contribution in [0.3, 0.4) is 0 Å². The Kier molecular flexibility index (Phi) is 14.0. The maximum atomic E-state index is 13.2. The molecule has 0 saturated heterocycles. The molecular formula is C34H52N6O8. The summed E-state index contributed by atoms with van der Waals surface area (Å²) in [5.41, 5.74) is 0.117. The lowest BCUT2D eigenvalue weighted by Gasteiger charge is -2.29. The van der Waals surface area contributed by atoms with Gasteiger partial charge in [0.15, 0.2) is 11.5 Å². The van der Waals surface area contributed by atoms with Gasteiger partial charge in [-0.3, -0.25) is 30.0 Å². The predicted octanol–water partition coefficient (Wildman–Crippen LogP) is 5.62. The molecule has 2 atom stereocenters. The van der Waals surface area contributed by atoms with Crippen LogP contribution in [0.1, 0.15) is 55.4 Å². The molecule has 14 heteroatoms. The summed E-state index contributed by atoms with van der Waals surface area (Å²) in [4.78, 5) is 54.8. The summed E-state index contributed by atoms with van der Waals surface area (Å²) in [7, 11) is 6.52. The second-order valence-corrected chi connectivity index (χ2v) is 13.3. The number of anilines is 4. The number of rotatable bonds is 13. The van der Waals surface area contributed by atoms with Crippen LogP contribution in [0.2, 0.25) is 0 Å². The number of amides is 4. The Labute approximate surface area is 283 Å². The summed E-state index contributed by atoms with van der Waals surface area (Å²) in [6.07, 6.45) is -1.29. The first-order valence-corrected chi connectivity index (χ1v) is 15.6. The zero-order valence-corrected chi connectivity index (χ0v) is 30.2. The van der Waals surface area contributed by atoms with Gasteiger partial charge in [0.05, 0.1) is 49.1 Å². The van der Waals surface area contributed by atoms with Crippen molar-refractivity contribution in [3.63, 3.8) is 0 Å². The van der Waals surface area contributed by atoms with Crippen LogP contribution in [0, 0.1) is 0 Å². The molecule has 0 unspecified atom stereocenters. The van der Waals surface area contributed by atoms with E-state index in [1.807, 2.05) is 23.9 Å². The van der Waals surface area contributed by atoms with Crippen molar-refractivity contribution in [1.29, 1.82) is 0 Å². The smallest absolute Gasteiger partial charge is 0.412 e. The van der Waals surface area contributed by atoms with E-state index in [1.54, 1.807) is 91.8 Å². The Morgan fingerprint density at radius 1 is 0.604 bits per heavy atom. The molecule has 0 fully saturated rings. The van der Waals surface area contributed by atoms with Gasteiger partial charge in [-0.2, -0.15) is 0 Å². The third-order valence-corrected chi connectivity index (χ3v) is 7.11. The number of likely N-dealkylation sites (N-methyl/N-ethyl adjacent to an activating group) is 2. The highest BCUT2D eigenvalue weighted by Gasteiger charge is 2.25. The fourth-order valence-electron chi connectivity index (χ4n) is 4.31. The summed E-state index contributed by atoms with van der Waals surface area (Å²) in [5, 5.41) is 11.1. The number of ether oxygens (including phenoxy) is 4. The van der Waals surface area contributed by atoms with Gasteiger partial charge < -0.3 is 29.6 Å². The van der Waals surface area contributed by atoms with Gasteiger partial charge in [0.25, 0.3) is 0 Å². The van der Waals surface area contributed by atoms with Crippen LogP contribution in [0.4, 0.5) is 32.3 Å². The fourth-order valence-corrected chi connectivity index (χ4v) is 4.31. The van der Waals surface area contributed by atoms with Gasteiger partial charge in [0, 0.05) is 13.1 Å². The molecule has 0 saturated carbocycles. The van der Waals surface area contributed by atoms with Crippen molar-refractivity contribution in [1.82, 2.24) is 9.80 Å². The molecule has 4 amide bonds. The SMILES string of the molecule is COc1c(NC(=O)OC(C)(C)C)cccc1NC(=O)[C@H](C)N(C)CCN(C)[C@@H](C)C(=O)Nc1cccc(NC(=O)OC(C)(C)C)c1OC. The summed E-state index contributed by atoms with van der Waals surface area (Å²) in [5.74, 6) is -0.000830. The van der Waals surface area contributed by atoms with Crippen LogP contribution in [0.15, 0.2) is 36.4 Å². The highest BCUT2D eigenvalue weighted by atomic mass is 16.6. The highest BCUT2D eigenvalue weighted by molar-refractivity contribution is 5.99. The number of carbonyl (C=O) groups is 4. The van der Waals surface area contributed by atoms with E-state index in [4.69, 9.17) is 18.9 Å². The number of hydrogen-bond donors (Lipinski definition) is 4. The lowest BCUT2D eigenvalue weighted by atomic mass is 10.2. The Morgan fingerprint density at radius 3 is 1.17 bits per heavy atom.